The Bertz CT molecular complexity index is 400. The van der Waals surface area contributed by atoms with Crippen molar-refractivity contribution < 1.29 is 14.3 Å². The van der Waals surface area contributed by atoms with Crippen LogP contribution in [0.5, 0.6) is 0 Å². The van der Waals surface area contributed by atoms with Crippen LogP contribution in [0.15, 0.2) is 18.2 Å². The van der Waals surface area contributed by atoms with Crippen molar-refractivity contribution in [2.24, 2.45) is 0 Å². The third-order valence-electron chi connectivity index (χ3n) is 2.87. The van der Waals surface area contributed by atoms with E-state index in [1.54, 1.807) is 0 Å². The summed E-state index contributed by atoms with van der Waals surface area (Å²) in [5.41, 5.74) is 0.546. The molecule has 0 unspecified atom stereocenters. The molecule has 1 aliphatic rings. The Hall–Kier alpha value is -1.58. The maximum Gasteiger partial charge on any atom is 0.335 e. The molecule has 0 aliphatic heterocycles. The van der Waals surface area contributed by atoms with E-state index in [0.717, 1.165) is 18.9 Å². The molecule has 1 aromatic rings. The van der Waals surface area contributed by atoms with Gasteiger partial charge in [-0.3, -0.25) is 0 Å². The van der Waals surface area contributed by atoms with Gasteiger partial charge < -0.3 is 10.4 Å². The summed E-state index contributed by atoms with van der Waals surface area (Å²) in [6.07, 6.45) is 4.50. The van der Waals surface area contributed by atoms with Crippen LogP contribution in [-0.4, -0.2) is 17.1 Å². The van der Waals surface area contributed by atoms with Gasteiger partial charge in [0.15, 0.2) is 0 Å². The number of hydrogen-bond acceptors (Lipinski definition) is 2. The van der Waals surface area contributed by atoms with Crippen molar-refractivity contribution in [2.75, 3.05) is 5.32 Å². The molecule has 1 aliphatic carbocycles. The normalized spacial score (nSPS) is 16.3. The van der Waals surface area contributed by atoms with E-state index in [-0.39, 0.29) is 5.56 Å². The number of halogens is 1. The molecular weight excluding hydrogens is 209 g/mol. The lowest BCUT2D eigenvalue weighted by Crippen LogP contribution is -2.15. The van der Waals surface area contributed by atoms with Crippen LogP contribution in [0.25, 0.3) is 0 Å². The van der Waals surface area contributed by atoms with Gasteiger partial charge in [0.2, 0.25) is 0 Å². The van der Waals surface area contributed by atoms with Crippen molar-refractivity contribution in [2.45, 2.75) is 31.7 Å². The molecule has 0 bridgehead atoms. The summed E-state index contributed by atoms with van der Waals surface area (Å²) in [5.74, 6) is -1.62. The molecule has 16 heavy (non-hydrogen) atoms. The lowest BCUT2D eigenvalue weighted by Gasteiger charge is -2.13. The number of hydrogen-bond donors (Lipinski definition) is 2. The molecule has 0 aromatic heterocycles. The van der Waals surface area contributed by atoms with Crippen LogP contribution >= 0.6 is 0 Å². The minimum absolute atomic E-state index is 0.0134. The molecule has 1 saturated carbocycles. The number of aromatic carboxylic acids is 1. The minimum atomic E-state index is -1.10. The van der Waals surface area contributed by atoms with Gasteiger partial charge in [-0.2, -0.15) is 0 Å². The molecular formula is C12H14FNO2. The van der Waals surface area contributed by atoms with Gasteiger partial charge in [0.1, 0.15) is 5.82 Å². The molecule has 2 N–H and O–H groups in total. The van der Waals surface area contributed by atoms with Crippen LogP contribution in [-0.2, 0) is 0 Å². The van der Waals surface area contributed by atoms with E-state index >= 15 is 0 Å². The van der Waals surface area contributed by atoms with Gasteiger partial charge in [0, 0.05) is 11.7 Å². The maximum atomic E-state index is 13.2. The summed E-state index contributed by atoms with van der Waals surface area (Å²) in [7, 11) is 0. The van der Waals surface area contributed by atoms with E-state index < -0.39 is 11.8 Å². The zero-order valence-corrected chi connectivity index (χ0v) is 8.87. The predicted molar refractivity (Wildman–Crippen MR) is 59.2 cm³/mol. The molecule has 0 amide bonds. The second-order valence-corrected chi connectivity index (χ2v) is 4.16. The highest BCUT2D eigenvalue weighted by atomic mass is 19.1. The van der Waals surface area contributed by atoms with Gasteiger partial charge in [0.25, 0.3) is 0 Å². The molecule has 86 valence electrons. The summed E-state index contributed by atoms with van der Waals surface area (Å²) in [6, 6.07) is 4.19. The van der Waals surface area contributed by atoms with Crippen molar-refractivity contribution >= 4 is 11.7 Å². The number of nitrogens with one attached hydrogen (secondary N) is 1. The van der Waals surface area contributed by atoms with E-state index in [0.29, 0.717) is 11.7 Å². The van der Waals surface area contributed by atoms with E-state index in [9.17, 15) is 9.18 Å². The molecule has 0 radical (unpaired) electrons. The highest BCUT2D eigenvalue weighted by molar-refractivity contribution is 5.88. The first-order chi connectivity index (χ1) is 7.65. The average Bonchev–Trinajstić information content (AvgIpc) is 2.69. The fraction of sp³-hybridized carbons (Fsp3) is 0.417. The Labute approximate surface area is 93.3 Å². The quantitative estimate of drug-likeness (QED) is 0.828. The van der Waals surface area contributed by atoms with Gasteiger partial charge >= 0.3 is 5.97 Å². The number of rotatable bonds is 3. The number of carboxylic acids is 1. The summed E-state index contributed by atoms with van der Waals surface area (Å²) in [4.78, 5) is 10.7. The molecule has 0 saturated heterocycles. The smallest absolute Gasteiger partial charge is 0.335 e. The molecule has 3 nitrogen and oxygen atoms in total. The molecule has 1 fully saturated rings. The molecule has 4 heteroatoms. The van der Waals surface area contributed by atoms with E-state index in [1.165, 1.54) is 25.0 Å². The first-order valence-electron chi connectivity index (χ1n) is 5.45. The van der Waals surface area contributed by atoms with Crippen LogP contribution in [0.3, 0.4) is 0 Å². The fourth-order valence-corrected chi connectivity index (χ4v) is 2.10. The van der Waals surface area contributed by atoms with Gasteiger partial charge in [-0.1, -0.05) is 12.8 Å². The number of carbonyl (C=O) groups is 1. The second-order valence-electron chi connectivity index (χ2n) is 4.16. The Balaban J connectivity index is 2.16. The first kappa shape index (κ1) is 10.9. The number of benzene rings is 1. The van der Waals surface area contributed by atoms with Crippen LogP contribution in [0, 0.1) is 5.82 Å². The third kappa shape index (κ3) is 2.51. The molecule has 0 spiro atoms. The average molecular weight is 223 g/mol. The number of carboxylic acid groups (broad SMARTS) is 1. The van der Waals surface area contributed by atoms with Crippen molar-refractivity contribution in [3.05, 3.63) is 29.6 Å². The minimum Gasteiger partial charge on any atom is -0.478 e. The Morgan fingerprint density at radius 1 is 1.31 bits per heavy atom. The van der Waals surface area contributed by atoms with Crippen molar-refractivity contribution in [3.63, 3.8) is 0 Å². The predicted octanol–water partition coefficient (Wildman–Crippen LogP) is 2.88. The monoisotopic (exact) mass is 223 g/mol. The third-order valence-corrected chi connectivity index (χ3v) is 2.87. The molecule has 2 rings (SSSR count). The van der Waals surface area contributed by atoms with Crippen molar-refractivity contribution in [1.82, 2.24) is 0 Å². The van der Waals surface area contributed by atoms with Gasteiger partial charge in [0.05, 0.1) is 5.56 Å². The number of anilines is 1. The Morgan fingerprint density at radius 3 is 2.62 bits per heavy atom. The van der Waals surface area contributed by atoms with Crippen molar-refractivity contribution in [1.29, 1.82) is 0 Å². The lowest BCUT2D eigenvalue weighted by atomic mass is 10.1. The Kier molecular flexibility index (Phi) is 3.08. The zero-order chi connectivity index (χ0) is 11.5. The van der Waals surface area contributed by atoms with Crippen molar-refractivity contribution in [3.8, 4) is 0 Å². The molecule has 0 heterocycles. The summed E-state index contributed by atoms with van der Waals surface area (Å²) < 4.78 is 13.2. The molecule has 0 atom stereocenters. The van der Waals surface area contributed by atoms with Crippen LogP contribution in [0.1, 0.15) is 36.0 Å². The van der Waals surface area contributed by atoms with Gasteiger partial charge in [-0.25, -0.2) is 9.18 Å². The lowest BCUT2D eigenvalue weighted by molar-refractivity contribution is 0.0696. The van der Waals surface area contributed by atoms with E-state index in [2.05, 4.69) is 5.32 Å². The highest BCUT2D eigenvalue weighted by Gasteiger charge is 2.15. The van der Waals surface area contributed by atoms with Gasteiger partial charge in [-0.15, -0.1) is 0 Å². The van der Waals surface area contributed by atoms with E-state index in [1.807, 2.05) is 0 Å². The second kappa shape index (κ2) is 4.51. The SMILES string of the molecule is O=C(O)c1cc(F)cc(NC2CCCC2)c1. The zero-order valence-electron chi connectivity index (χ0n) is 8.87. The fourth-order valence-electron chi connectivity index (χ4n) is 2.10. The van der Waals surface area contributed by atoms with Crippen LogP contribution in [0.4, 0.5) is 10.1 Å². The summed E-state index contributed by atoms with van der Waals surface area (Å²) in [6.45, 7) is 0. The van der Waals surface area contributed by atoms with E-state index in [4.69, 9.17) is 5.11 Å². The molecule has 1 aromatic carbocycles. The Morgan fingerprint density at radius 2 is 2.00 bits per heavy atom. The van der Waals surface area contributed by atoms with Crippen LogP contribution in [0.2, 0.25) is 0 Å². The topological polar surface area (TPSA) is 49.3 Å². The van der Waals surface area contributed by atoms with Crippen LogP contribution < -0.4 is 5.32 Å². The maximum absolute atomic E-state index is 13.2. The highest BCUT2D eigenvalue weighted by Crippen LogP contribution is 2.23. The largest absolute Gasteiger partial charge is 0.478 e. The first-order valence-corrected chi connectivity index (χ1v) is 5.45. The standard InChI is InChI=1S/C12H14FNO2/c13-9-5-8(12(15)16)6-11(7-9)14-10-3-1-2-4-10/h5-7,10,14H,1-4H2,(H,15,16). The van der Waals surface area contributed by atoms with Gasteiger partial charge in [-0.05, 0) is 31.0 Å². The summed E-state index contributed by atoms with van der Waals surface area (Å²) in [5, 5.41) is 12.0. The summed E-state index contributed by atoms with van der Waals surface area (Å²) >= 11 is 0.